The highest BCUT2D eigenvalue weighted by Gasteiger charge is 2.16. The van der Waals surface area contributed by atoms with Crippen LogP contribution in [-0.2, 0) is 4.74 Å². The molecule has 0 aromatic rings. The summed E-state index contributed by atoms with van der Waals surface area (Å²) in [6, 6.07) is 0.574. The van der Waals surface area contributed by atoms with Crippen molar-refractivity contribution in [3.05, 3.63) is 0 Å². The van der Waals surface area contributed by atoms with E-state index in [1.807, 2.05) is 18.8 Å². The lowest BCUT2D eigenvalue weighted by Crippen LogP contribution is -2.47. The van der Waals surface area contributed by atoms with Crippen LogP contribution >= 0.6 is 35.7 Å². The fourth-order valence-electron chi connectivity index (χ4n) is 2.80. The third-order valence-electron chi connectivity index (χ3n) is 4.02. The van der Waals surface area contributed by atoms with Crippen molar-refractivity contribution in [2.75, 3.05) is 57.9 Å². The normalized spacial score (nSPS) is 25.2. The number of halogens is 1. The molecule has 2 aliphatic rings. The van der Waals surface area contributed by atoms with Crippen LogP contribution in [0.15, 0.2) is 4.99 Å². The molecule has 5 nitrogen and oxygen atoms in total. The van der Waals surface area contributed by atoms with E-state index in [1.54, 1.807) is 0 Å². The van der Waals surface area contributed by atoms with E-state index in [-0.39, 0.29) is 24.0 Å². The van der Waals surface area contributed by atoms with E-state index in [1.165, 1.54) is 24.3 Å². The Hall–Kier alpha value is 0.270. The molecule has 2 saturated heterocycles. The van der Waals surface area contributed by atoms with Crippen molar-refractivity contribution in [3.8, 4) is 0 Å². The Labute approximate surface area is 156 Å². The third kappa shape index (κ3) is 7.70. The monoisotopic (exact) mass is 442 g/mol. The van der Waals surface area contributed by atoms with Gasteiger partial charge in [-0.25, -0.2) is 0 Å². The predicted octanol–water partition coefficient (Wildman–Crippen LogP) is 1.63. The molecule has 0 saturated carbocycles. The quantitative estimate of drug-likeness (QED) is 0.385. The summed E-state index contributed by atoms with van der Waals surface area (Å²) in [6.45, 7) is 8.29. The molecule has 0 radical (unpaired) electrons. The molecule has 130 valence electrons. The maximum Gasteiger partial charge on any atom is 0.191 e. The molecule has 0 aromatic heterocycles. The van der Waals surface area contributed by atoms with Gasteiger partial charge in [0.2, 0.25) is 0 Å². The summed E-state index contributed by atoms with van der Waals surface area (Å²) >= 11 is 2.04. The number of morpholine rings is 1. The summed E-state index contributed by atoms with van der Waals surface area (Å²) in [5.74, 6) is 4.07. The van der Waals surface area contributed by atoms with Crippen molar-refractivity contribution in [2.45, 2.75) is 25.8 Å². The fraction of sp³-hybridized carbons (Fsp3) is 0.933. The number of aliphatic imine (C=N–C) groups is 1. The second-order valence-electron chi connectivity index (χ2n) is 6.03. The van der Waals surface area contributed by atoms with E-state index in [4.69, 9.17) is 4.74 Å². The molecule has 2 atom stereocenters. The van der Waals surface area contributed by atoms with Crippen LogP contribution in [0.5, 0.6) is 0 Å². The van der Waals surface area contributed by atoms with Crippen molar-refractivity contribution in [2.24, 2.45) is 10.9 Å². The predicted molar refractivity (Wildman–Crippen MR) is 107 cm³/mol. The second-order valence-corrected chi connectivity index (χ2v) is 7.18. The minimum Gasteiger partial charge on any atom is -0.379 e. The molecule has 2 fully saturated rings. The second kappa shape index (κ2) is 11.8. The minimum atomic E-state index is 0. The maximum absolute atomic E-state index is 5.39. The first-order valence-electron chi connectivity index (χ1n) is 8.13. The van der Waals surface area contributed by atoms with Crippen LogP contribution in [0.1, 0.15) is 19.8 Å². The van der Waals surface area contributed by atoms with Crippen molar-refractivity contribution in [1.82, 2.24) is 15.5 Å². The van der Waals surface area contributed by atoms with Gasteiger partial charge in [-0.05, 0) is 24.5 Å². The van der Waals surface area contributed by atoms with E-state index in [0.29, 0.717) is 12.0 Å². The Morgan fingerprint density at radius 3 is 2.82 bits per heavy atom. The van der Waals surface area contributed by atoms with Gasteiger partial charge in [-0.3, -0.25) is 9.89 Å². The lowest BCUT2D eigenvalue weighted by Gasteiger charge is -2.30. The smallest absolute Gasteiger partial charge is 0.191 e. The molecule has 0 spiro atoms. The van der Waals surface area contributed by atoms with E-state index in [0.717, 1.165) is 45.4 Å². The number of ether oxygens (including phenoxy) is 1. The zero-order valence-electron chi connectivity index (χ0n) is 13.8. The number of hydrogen-bond acceptors (Lipinski definition) is 4. The zero-order chi connectivity index (χ0) is 14.9. The Bertz CT molecular complexity index is 321. The first kappa shape index (κ1) is 20.3. The molecule has 7 heteroatoms. The van der Waals surface area contributed by atoms with Gasteiger partial charge in [0.1, 0.15) is 0 Å². The van der Waals surface area contributed by atoms with Crippen LogP contribution in [0.2, 0.25) is 0 Å². The topological polar surface area (TPSA) is 48.9 Å². The van der Waals surface area contributed by atoms with Crippen molar-refractivity contribution in [1.29, 1.82) is 0 Å². The average Bonchev–Trinajstić information content (AvgIpc) is 2.53. The maximum atomic E-state index is 5.39. The van der Waals surface area contributed by atoms with Crippen LogP contribution in [0.25, 0.3) is 0 Å². The van der Waals surface area contributed by atoms with Gasteiger partial charge in [-0.1, -0.05) is 6.92 Å². The first-order chi connectivity index (χ1) is 10.3. The van der Waals surface area contributed by atoms with E-state index < -0.39 is 0 Å². The van der Waals surface area contributed by atoms with Crippen LogP contribution in [0.4, 0.5) is 0 Å². The van der Waals surface area contributed by atoms with Crippen LogP contribution in [-0.4, -0.2) is 74.8 Å². The first-order valence-corrected chi connectivity index (χ1v) is 9.28. The number of thioether (sulfide) groups is 1. The minimum absolute atomic E-state index is 0. The van der Waals surface area contributed by atoms with Gasteiger partial charge in [0.05, 0.1) is 13.2 Å². The summed E-state index contributed by atoms with van der Waals surface area (Å²) in [4.78, 5) is 6.84. The Kier molecular flexibility index (Phi) is 10.9. The lowest BCUT2D eigenvalue weighted by molar-refractivity contribution is 0.0320. The Balaban J connectivity index is 0.00000242. The van der Waals surface area contributed by atoms with Crippen molar-refractivity contribution in [3.63, 3.8) is 0 Å². The molecule has 22 heavy (non-hydrogen) atoms. The lowest BCUT2D eigenvalue weighted by atomic mass is 10.1. The molecule has 0 amide bonds. The van der Waals surface area contributed by atoms with Gasteiger partial charge >= 0.3 is 0 Å². The van der Waals surface area contributed by atoms with Gasteiger partial charge in [0.25, 0.3) is 0 Å². The highest BCUT2D eigenvalue weighted by atomic mass is 127. The van der Waals surface area contributed by atoms with E-state index >= 15 is 0 Å². The molecule has 0 aromatic carbocycles. The summed E-state index contributed by atoms with van der Waals surface area (Å²) in [6.07, 6.45) is 2.57. The number of hydrogen-bond donors (Lipinski definition) is 2. The van der Waals surface area contributed by atoms with Gasteiger partial charge in [0, 0.05) is 45.0 Å². The fourth-order valence-corrected chi connectivity index (χ4v) is 3.87. The third-order valence-corrected chi connectivity index (χ3v) is 5.23. The van der Waals surface area contributed by atoms with Gasteiger partial charge < -0.3 is 15.4 Å². The molecule has 2 unspecified atom stereocenters. The van der Waals surface area contributed by atoms with Gasteiger partial charge in [-0.15, -0.1) is 24.0 Å². The standard InChI is InChI=1S/C15H30N4OS.HI/c1-13(11-19-5-7-20-8-6-19)10-17-15(16-2)18-14-4-3-9-21-12-14;/h13-14H,3-12H2,1-2H3,(H2,16,17,18);1H. The van der Waals surface area contributed by atoms with Crippen LogP contribution < -0.4 is 10.6 Å². The number of rotatable bonds is 5. The number of nitrogens with one attached hydrogen (secondary N) is 2. The molecular formula is C15H31IN4OS. The van der Waals surface area contributed by atoms with Crippen LogP contribution in [0.3, 0.4) is 0 Å². The summed E-state index contributed by atoms with van der Waals surface area (Å²) in [5, 5.41) is 7.03. The molecule has 2 rings (SSSR count). The Morgan fingerprint density at radius 1 is 1.41 bits per heavy atom. The van der Waals surface area contributed by atoms with E-state index in [2.05, 4.69) is 27.4 Å². The van der Waals surface area contributed by atoms with E-state index in [9.17, 15) is 0 Å². The molecule has 2 aliphatic heterocycles. The van der Waals surface area contributed by atoms with Gasteiger partial charge in [-0.2, -0.15) is 11.8 Å². The highest BCUT2D eigenvalue weighted by Crippen LogP contribution is 2.16. The van der Waals surface area contributed by atoms with Crippen LogP contribution in [0, 0.1) is 5.92 Å². The Morgan fingerprint density at radius 2 is 2.18 bits per heavy atom. The van der Waals surface area contributed by atoms with Crippen molar-refractivity contribution < 1.29 is 4.74 Å². The SMILES string of the molecule is CN=C(NCC(C)CN1CCOCC1)NC1CCCSC1.I. The van der Waals surface area contributed by atoms with Crippen molar-refractivity contribution >= 4 is 41.7 Å². The molecule has 0 bridgehead atoms. The molecule has 0 aliphatic carbocycles. The zero-order valence-corrected chi connectivity index (χ0v) is 17.0. The summed E-state index contributed by atoms with van der Waals surface area (Å²) in [7, 11) is 1.86. The largest absolute Gasteiger partial charge is 0.379 e. The molecule has 2 N–H and O–H groups in total. The number of nitrogens with zero attached hydrogens (tertiary/aromatic N) is 2. The summed E-state index contributed by atoms with van der Waals surface area (Å²) < 4.78 is 5.39. The molecule has 2 heterocycles. The number of guanidine groups is 1. The molecular weight excluding hydrogens is 411 g/mol. The highest BCUT2D eigenvalue weighted by molar-refractivity contribution is 14.0. The average molecular weight is 442 g/mol. The summed E-state index contributed by atoms with van der Waals surface area (Å²) in [5.41, 5.74) is 0. The van der Waals surface area contributed by atoms with Gasteiger partial charge in [0.15, 0.2) is 5.96 Å².